The Morgan fingerprint density at radius 2 is 1.74 bits per heavy atom. The number of hydrogen-bond acceptors (Lipinski definition) is 3. The lowest BCUT2D eigenvalue weighted by atomic mass is 10.1. The van der Waals surface area contributed by atoms with E-state index in [9.17, 15) is 9.50 Å². The van der Waals surface area contributed by atoms with Crippen LogP contribution in [-0.4, -0.2) is 14.8 Å². The number of aromatic hydroxyl groups is 1. The van der Waals surface area contributed by atoms with Crippen molar-refractivity contribution in [2.45, 2.75) is 19.9 Å². The number of aromatic nitrogens is 1. The normalized spacial score (nSPS) is 11.3. The van der Waals surface area contributed by atoms with Gasteiger partial charge in [-0.15, -0.1) is 10.2 Å². The Kier molecular flexibility index (Phi) is 6.04. The van der Waals surface area contributed by atoms with Gasteiger partial charge in [-0.1, -0.05) is 55.5 Å². The maximum Gasteiger partial charge on any atom is 0.221 e. The van der Waals surface area contributed by atoms with Crippen LogP contribution in [0.4, 0.5) is 15.8 Å². The predicted octanol–water partition coefficient (Wildman–Crippen LogP) is 6.58. The lowest BCUT2D eigenvalue weighted by Crippen LogP contribution is -2.07. The number of aryl methyl sites for hydroxylation is 1. The van der Waals surface area contributed by atoms with Crippen LogP contribution in [0.3, 0.4) is 0 Å². The van der Waals surface area contributed by atoms with Crippen molar-refractivity contribution in [3.63, 3.8) is 0 Å². The highest BCUT2D eigenvalue weighted by Gasteiger charge is 2.17. The van der Waals surface area contributed by atoms with E-state index in [1.165, 1.54) is 12.1 Å². The molecule has 7 heteroatoms. The molecule has 0 unspecified atom stereocenters. The summed E-state index contributed by atoms with van der Waals surface area (Å²) in [6.07, 6.45) is 0.862. The third kappa shape index (κ3) is 4.46. The van der Waals surface area contributed by atoms with E-state index >= 15 is 0 Å². The first-order valence-corrected chi connectivity index (χ1v) is 10.3. The van der Waals surface area contributed by atoms with E-state index in [4.69, 9.17) is 12.2 Å². The second-order valence-corrected chi connectivity index (χ2v) is 7.43. The number of azo groups is 1. The van der Waals surface area contributed by atoms with Crippen molar-refractivity contribution in [2.75, 3.05) is 5.32 Å². The lowest BCUT2D eigenvalue weighted by Gasteiger charge is -2.08. The quantitative estimate of drug-likeness (QED) is 0.277. The molecule has 0 radical (unpaired) electrons. The van der Waals surface area contributed by atoms with E-state index in [0.717, 1.165) is 34.1 Å². The average Bonchev–Trinajstić information content (AvgIpc) is 3.05. The first-order chi connectivity index (χ1) is 15.1. The Hall–Kier alpha value is -3.58. The van der Waals surface area contributed by atoms with Gasteiger partial charge in [-0.25, -0.2) is 4.39 Å². The summed E-state index contributed by atoms with van der Waals surface area (Å²) in [7, 11) is 0. The fraction of sp³-hybridized carbons (Fsp3) is 0.125. The highest BCUT2D eigenvalue weighted by molar-refractivity contribution is 7.80. The second kappa shape index (κ2) is 9.06. The predicted molar refractivity (Wildman–Crippen MR) is 126 cm³/mol. The molecule has 31 heavy (non-hydrogen) atoms. The summed E-state index contributed by atoms with van der Waals surface area (Å²) in [4.78, 5) is 0. The molecule has 1 heterocycles. The number of fused-ring (bicyclic) bond motifs is 1. The SMILES string of the molecule is CCc1ccccc1NC(=S)N=Nc1c(O)n(Cc2ccc(F)cc2)c2ccccc12. The summed E-state index contributed by atoms with van der Waals surface area (Å²) in [5.74, 6) is -0.323. The summed E-state index contributed by atoms with van der Waals surface area (Å²) >= 11 is 5.34. The molecule has 2 N–H and O–H groups in total. The molecule has 0 spiro atoms. The fourth-order valence-electron chi connectivity index (χ4n) is 3.49. The number of nitrogens with zero attached hydrogens (tertiary/aromatic N) is 3. The van der Waals surface area contributed by atoms with Crippen LogP contribution in [0.1, 0.15) is 18.1 Å². The first-order valence-electron chi connectivity index (χ1n) is 9.92. The minimum absolute atomic E-state index is 0.0222. The Morgan fingerprint density at radius 1 is 1.03 bits per heavy atom. The lowest BCUT2D eigenvalue weighted by molar-refractivity contribution is 0.429. The van der Waals surface area contributed by atoms with Gasteiger partial charge in [0, 0.05) is 11.1 Å². The van der Waals surface area contributed by atoms with Crippen LogP contribution in [0.25, 0.3) is 10.9 Å². The molecular formula is C24H21FN4OS. The van der Waals surface area contributed by atoms with Gasteiger partial charge in [-0.05, 0) is 54.0 Å². The van der Waals surface area contributed by atoms with E-state index in [1.807, 2.05) is 48.5 Å². The Morgan fingerprint density at radius 3 is 2.52 bits per heavy atom. The Bertz CT molecular complexity index is 1260. The minimum atomic E-state index is -0.300. The molecule has 0 aliphatic carbocycles. The molecule has 0 saturated heterocycles. The zero-order chi connectivity index (χ0) is 21.8. The van der Waals surface area contributed by atoms with Crippen LogP contribution in [0.15, 0.2) is 83.0 Å². The molecule has 5 nitrogen and oxygen atoms in total. The third-order valence-corrected chi connectivity index (χ3v) is 5.24. The number of para-hydroxylation sites is 2. The fourth-order valence-corrected chi connectivity index (χ4v) is 3.64. The van der Waals surface area contributed by atoms with Gasteiger partial charge < -0.3 is 15.0 Å². The van der Waals surface area contributed by atoms with E-state index in [2.05, 4.69) is 22.5 Å². The zero-order valence-corrected chi connectivity index (χ0v) is 17.7. The topological polar surface area (TPSA) is 61.9 Å². The average molecular weight is 433 g/mol. The van der Waals surface area contributed by atoms with Gasteiger partial charge in [-0.3, -0.25) is 0 Å². The van der Waals surface area contributed by atoms with Gasteiger partial charge in [0.25, 0.3) is 0 Å². The molecule has 0 amide bonds. The molecule has 0 aliphatic heterocycles. The zero-order valence-electron chi connectivity index (χ0n) is 16.9. The Balaban J connectivity index is 1.64. The number of halogens is 1. The number of benzene rings is 3. The van der Waals surface area contributed by atoms with Gasteiger partial charge in [0.1, 0.15) is 5.82 Å². The van der Waals surface area contributed by atoms with E-state index in [0.29, 0.717) is 12.2 Å². The highest BCUT2D eigenvalue weighted by atomic mass is 32.1. The van der Waals surface area contributed by atoms with E-state index in [1.54, 1.807) is 16.7 Å². The van der Waals surface area contributed by atoms with Gasteiger partial charge in [0.05, 0.1) is 12.1 Å². The summed E-state index contributed by atoms with van der Waals surface area (Å²) in [6.45, 7) is 2.44. The number of thiocarbonyl (C=S) groups is 1. The van der Waals surface area contributed by atoms with Crippen LogP contribution in [0.2, 0.25) is 0 Å². The van der Waals surface area contributed by atoms with Crippen molar-refractivity contribution in [1.82, 2.24) is 4.57 Å². The highest BCUT2D eigenvalue weighted by Crippen LogP contribution is 2.39. The summed E-state index contributed by atoms with van der Waals surface area (Å²) in [5, 5.41) is 23.3. The molecule has 4 rings (SSSR count). The molecule has 0 aliphatic rings. The smallest absolute Gasteiger partial charge is 0.221 e. The van der Waals surface area contributed by atoms with E-state index < -0.39 is 0 Å². The number of hydrogen-bond donors (Lipinski definition) is 2. The van der Waals surface area contributed by atoms with Crippen molar-refractivity contribution < 1.29 is 9.50 Å². The molecule has 156 valence electrons. The van der Waals surface area contributed by atoms with Crippen molar-refractivity contribution >= 4 is 39.6 Å². The maximum atomic E-state index is 13.2. The molecule has 0 atom stereocenters. The molecule has 4 aromatic rings. The van der Waals surface area contributed by atoms with Gasteiger partial charge in [0.2, 0.25) is 11.0 Å². The van der Waals surface area contributed by atoms with Crippen LogP contribution in [0, 0.1) is 5.82 Å². The molecule has 0 fully saturated rings. The number of anilines is 1. The summed E-state index contributed by atoms with van der Waals surface area (Å²) < 4.78 is 15.0. The van der Waals surface area contributed by atoms with Crippen molar-refractivity contribution in [1.29, 1.82) is 0 Å². The van der Waals surface area contributed by atoms with Crippen molar-refractivity contribution in [3.05, 3.63) is 89.7 Å². The van der Waals surface area contributed by atoms with Crippen LogP contribution >= 0.6 is 12.2 Å². The van der Waals surface area contributed by atoms with Gasteiger partial charge >= 0.3 is 0 Å². The molecule has 0 bridgehead atoms. The van der Waals surface area contributed by atoms with Gasteiger partial charge in [0.15, 0.2) is 5.69 Å². The molecule has 1 aromatic heterocycles. The summed E-state index contributed by atoms with van der Waals surface area (Å²) in [6, 6.07) is 21.6. The summed E-state index contributed by atoms with van der Waals surface area (Å²) in [5.41, 5.74) is 4.00. The molecule has 0 saturated carbocycles. The maximum absolute atomic E-state index is 13.2. The number of rotatable bonds is 5. The van der Waals surface area contributed by atoms with Crippen molar-refractivity contribution in [2.24, 2.45) is 10.2 Å². The standard InChI is InChI=1S/C24H21FN4OS/c1-2-17-7-3-5-9-20(17)26-24(31)28-27-22-19-8-4-6-10-21(19)29(23(22)30)15-16-11-13-18(25)14-12-16/h3-14,30H,2,15H2,1H3,(H,26,31). The van der Waals surface area contributed by atoms with Gasteiger partial charge in [-0.2, -0.15) is 0 Å². The third-order valence-electron chi connectivity index (χ3n) is 5.05. The minimum Gasteiger partial charge on any atom is -0.493 e. The van der Waals surface area contributed by atoms with Crippen LogP contribution in [-0.2, 0) is 13.0 Å². The number of nitrogens with one attached hydrogen (secondary N) is 1. The first kappa shape index (κ1) is 20.7. The monoisotopic (exact) mass is 432 g/mol. The Labute approximate surface area is 184 Å². The largest absolute Gasteiger partial charge is 0.493 e. The van der Waals surface area contributed by atoms with Crippen LogP contribution in [0.5, 0.6) is 5.88 Å². The second-order valence-electron chi connectivity index (χ2n) is 7.04. The molecular weight excluding hydrogens is 411 g/mol. The molecule has 3 aromatic carbocycles. The van der Waals surface area contributed by atoms with E-state index in [-0.39, 0.29) is 16.8 Å². The van der Waals surface area contributed by atoms with Crippen LogP contribution < -0.4 is 5.32 Å². The van der Waals surface area contributed by atoms with Crippen molar-refractivity contribution in [3.8, 4) is 5.88 Å².